The average molecular weight is 152 g/mol. The van der Waals surface area contributed by atoms with Crippen molar-refractivity contribution in [2.75, 3.05) is 14.2 Å². The molecule has 0 saturated heterocycles. The standard InChI is InChI=1S/C2H7O4P.Mg.2H/c1-5-7(3,4)6-2;;;/h1-2H3,(H,3,4);;;/q;+2;2*-1. The van der Waals surface area contributed by atoms with Crippen LogP contribution >= 0.6 is 7.82 Å². The van der Waals surface area contributed by atoms with E-state index in [1.54, 1.807) is 0 Å². The number of rotatable bonds is 2. The zero-order valence-corrected chi connectivity index (χ0v) is 7.13. The van der Waals surface area contributed by atoms with Crippen LogP contribution in [0.4, 0.5) is 0 Å². The summed E-state index contributed by atoms with van der Waals surface area (Å²) < 4.78 is 18.0. The Balaban J connectivity index is -0.0000000600. The minimum Gasteiger partial charge on any atom is -1.00 e. The van der Waals surface area contributed by atoms with Crippen LogP contribution in [0, 0.1) is 0 Å². The van der Waals surface area contributed by atoms with E-state index < -0.39 is 7.82 Å². The minimum absolute atomic E-state index is 0. The molecule has 0 bridgehead atoms. The van der Waals surface area contributed by atoms with Gasteiger partial charge in [-0.15, -0.1) is 0 Å². The molecule has 0 heterocycles. The quantitative estimate of drug-likeness (QED) is 0.454. The second-order valence-corrected chi connectivity index (χ2v) is 2.50. The van der Waals surface area contributed by atoms with Crippen molar-refractivity contribution in [1.29, 1.82) is 0 Å². The van der Waals surface area contributed by atoms with Gasteiger partial charge >= 0.3 is 30.9 Å². The van der Waals surface area contributed by atoms with Gasteiger partial charge < -0.3 is 7.75 Å². The minimum atomic E-state index is -3.65. The summed E-state index contributed by atoms with van der Waals surface area (Å²) in [5, 5.41) is 0. The molecule has 0 amide bonds. The van der Waals surface area contributed by atoms with Crippen LogP contribution in [-0.2, 0) is 13.6 Å². The van der Waals surface area contributed by atoms with Gasteiger partial charge in [0.05, 0.1) is 0 Å². The Bertz CT molecular complexity index is 93.3. The van der Waals surface area contributed by atoms with Crippen LogP contribution in [0.2, 0.25) is 0 Å². The van der Waals surface area contributed by atoms with Crippen LogP contribution in [0.3, 0.4) is 0 Å². The molecule has 8 heavy (non-hydrogen) atoms. The zero-order valence-electron chi connectivity index (χ0n) is 6.83. The van der Waals surface area contributed by atoms with Gasteiger partial charge in [0.25, 0.3) is 0 Å². The first-order valence-electron chi connectivity index (χ1n) is 1.56. The summed E-state index contributed by atoms with van der Waals surface area (Å²) in [7, 11) is -1.45. The van der Waals surface area contributed by atoms with Crippen molar-refractivity contribution in [1.82, 2.24) is 0 Å². The Morgan fingerprint density at radius 1 is 1.50 bits per heavy atom. The second kappa shape index (κ2) is 4.73. The normalized spacial score (nSPS) is 10.4. The molecule has 0 aromatic rings. The van der Waals surface area contributed by atoms with Gasteiger partial charge in [0.1, 0.15) is 0 Å². The van der Waals surface area contributed by atoms with E-state index in [2.05, 4.69) is 9.05 Å². The molecular weight excluding hydrogens is 143 g/mol. The van der Waals surface area contributed by atoms with Gasteiger partial charge in [-0.3, -0.25) is 9.05 Å². The molecule has 0 fully saturated rings. The topological polar surface area (TPSA) is 55.8 Å². The van der Waals surface area contributed by atoms with E-state index in [0.717, 1.165) is 14.2 Å². The summed E-state index contributed by atoms with van der Waals surface area (Å²) in [5.41, 5.74) is 0. The maximum absolute atomic E-state index is 10.1. The molecule has 0 aromatic carbocycles. The first-order chi connectivity index (χ1) is 3.12. The molecule has 0 spiro atoms. The van der Waals surface area contributed by atoms with E-state index in [1.807, 2.05) is 0 Å². The van der Waals surface area contributed by atoms with Crippen molar-refractivity contribution in [3.63, 3.8) is 0 Å². The molecule has 0 saturated carbocycles. The number of phosphoric ester groups is 1. The van der Waals surface area contributed by atoms with E-state index >= 15 is 0 Å². The SMILES string of the molecule is COP(=O)(O)OC.[H-].[H-].[Mg+2]. The molecule has 0 aromatic heterocycles. The number of phosphoric acid groups is 1. The van der Waals surface area contributed by atoms with Gasteiger partial charge in [0.2, 0.25) is 0 Å². The molecule has 0 aliphatic carbocycles. The molecule has 0 aliphatic heterocycles. The van der Waals surface area contributed by atoms with Crippen LogP contribution in [0.15, 0.2) is 0 Å². The fraction of sp³-hybridized carbons (Fsp3) is 1.00. The molecule has 1 N–H and O–H groups in total. The van der Waals surface area contributed by atoms with E-state index in [-0.39, 0.29) is 25.9 Å². The molecule has 4 nitrogen and oxygen atoms in total. The zero-order chi connectivity index (χ0) is 5.91. The number of hydrogen-bond donors (Lipinski definition) is 1. The Kier molecular flexibility index (Phi) is 6.88. The first-order valence-corrected chi connectivity index (χ1v) is 3.06. The smallest absolute Gasteiger partial charge is 1.00 e. The van der Waals surface area contributed by atoms with Crippen LogP contribution < -0.4 is 0 Å². The summed E-state index contributed by atoms with van der Waals surface area (Å²) in [6.45, 7) is 0. The summed E-state index contributed by atoms with van der Waals surface area (Å²) in [6, 6.07) is 0. The van der Waals surface area contributed by atoms with E-state index in [0.29, 0.717) is 0 Å². The fourth-order valence-corrected chi connectivity index (χ4v) is 0.224. The maximum Gasteiger partial charge on any atom is 2.00 e. The third kappa shape index (κ3) is 5.02. The molecule has 0 atom stereocenters. The van der Waals surface area contributed by atoms with Gasteiger partial charge in [0, 0.05) is 14.2 Å². The Morgan fingerprint density at radius 2 is 1.75 bits per heavy atom. The molecule has 0 rings (SSSR count). The average Bonchev–Trinajstić information content (AvgIpc) is 1.68. The van der Waals surface area contributed by atoms with Gasteiger partial charge in [-0.1, -0.05) is 0 Å². The van der Waals surface area contributed by atoms with E-state index in [9.17, 15) is 4.57 Å². The van der Waals surface area contributed by atoms with Crippen molar-refractivity contribution >= 4 is 30.9 Å². The van der Waals surface area contributed by atoms with Crippen molar-refractivity contribution in [2.45, 2.75) is 0 Å². The summed E-state index contributed by atoms with van der Waals surface area (Å²) in [5.74, 6) is 0. The Hall–Kier alpha value is 0.876. The second-order valence-electron chi connectivity index (χ2n) is 0.834. The summed E-state index contributed by atoms with van der Waals surface area (Å²) in [6.07, 6.45) is 0. The van der Waals surface area contributed by atoms with Crippen LogP contribution in [-0.4, -0.2) is 42.2 Å². The predicted molar refractivity (Wildman–Crippen MR) is 31.8 cm³/mol. The van der Waals surface area contributed by atoms with Crippen molar-refractivity contribution in [2.24, 2.45) is 0 Å². The van der Waals surface area contributed by atoms with Crippen LogP contribution in [0.1, 0.15) is 2.85 Å². The largest absolute Gasteiger partial charge is 2.00 e. The van der Waals surface area contributed by atoms with Gasteiger partial charge in [0.15, 0.2) is 0 Å². The van der Waals surface area contributed by atoms with Gasteiger partial charge in [-0.05, 0) is 0 Å². The molecule has 0 radical (unpaired) electrons. The van der Waals surface area contributed by atoms with Crippen LogP contribution in [0.25, 0.3) is 0 Å². The van der Waals surface area contributed by atoms with Gasteiger partial charge in [-0.25, -0.2) is 4.57 Å². The van der Waals surface area contributed by atoms with E-state index in [1.165, 1.54) is 0 Å². The predicted octanol–water partition coefficient (Wildman–Crippen LogP) is 0.224. The molecule has 0 unspecified atom stereocenters. The first kappa shape index (κ1) is 11.6. The number of hydrogen-bond acceptors (Lipinski definition) is 3. The van der Waals surface area contributed by atoms with E-state index in [4.69, 9.17) is 4.89 Å². The summed E-state index contributed by atoms with van der Waals surface area (Å²) in [4.78, 5) is 8.24. The monoisotopic (exact) mass is 152 g/mol. The Labute approximate surface area is 66.9 Å². The Morgan fingerprint density at radius 3 is 1.75 bits per heavy atom. The van der Waals surface area contributed by atoms with Crippen molar-refractivity contribution in [3.8, 4) is 0 Å². The van der Waals surface area contributed by atoms with Crippen molar-refractivity contribution in [3.05, 3.63) is 0 Å². The van der Waals surface area contributed by atoms with Crippen LogP contribution in [0.5, 0.6) is 0 Å². The van der Waals surface area contributed by atoms with Crippen molar-refractivity contribution < 1.29 is 21.4 Å². The third-order valence-electron chi connectivity index (χ3n) is 0.461. The third-order valence-corrected chi connectivity index (χ3v) is 1.38. The molecular formula is C2H9MgO4P. The molecule has 0 aliphatic rings. The van der Waals surface area contributed by atoms with Gasteiger partial charge in [-0.2, -0.15) is 0 Å². The molecule has 6 heteroatoms. The fourth-order valence-electron chi connectivity index (χ4n) is 0.0745. The summed E-state index contributed by atoms with van der Waals surface area (Å²) >= 11 is 0. The molecule has 48 valence electrons. The maximum atomic E-state index is 10.1.